The highest BCUT2D eigenvalue weighted by molar-refractivity contribution is 6.04. The molecular weight excluding hydrogens is 385 g/mol. The number of ketones is 1. The van der Waals surface area contributed by atoms with Gasteiger partial charge >= 0.3 is 23.9 Å². The predicted molar refractivity (Wildman–Crippen MR) is 58.1 cm³/mol. The van der Waals surface area contributed by atoms with Crippen molar-refractivity contribution in [2.75, 3.05) is 7.11 Å². The predicted octanol–water partition coefficient (Wildman–Crippen LogP) is 4.62. The number of benzene rings is 1. The molecule has 0 saturated heterocycles. The molecule has 0 radical (unpaired) electrons. The molecule has 0 aliphatic rings. The highest BCUT2D eigenvalue weighted by Crippen LogP contribution is 2.54. The van der Waals surface area contributed by atoms with Crippen molar-refractivity contribution in [1.29, 1.82) is 0 Å². The number of Topliss-reactive ketones (excluding diaryl/α,β-unsaturated/α-hetero) is 1. The number of alkyl halides is 9. The third-order valence-corrected chi connectivity index (χ3v) is 2.89. The normalized spacial score (nSPS) is 13.8. The molecule has 0 bridgehead atoms. The Kier molecular flexibility index (Phi) is 5.05. The molecule has 0 aliphatic heterocycles. The summed E-state index contributed by atoms with van der Waals surface area (Å²) in [5, 5.41) is 0. The van der Waals surface area contributed by atoms with Crippen molar-refractivity contribution < 1.29 is 57.8 Å². The minimum Gasteiger partial charge on any atom is -0.493 e. The highest BCUT2D eigenvalue weighted by Gasteiger charge is 2.83. The van der Waals surface area contributed by atoms with Gasteiger partial charge in [-0.3, -0.25) is 4.79 Å². The van der Waals surface area contributed by atoms with Gasteiger partial charge in [-0.1, -0.05) is 0 Å². The molecule has 1 aromatic rings. The number of methoxy groups -OCH3 is 1. The second-order valence-electron chi connectivity index (χ2n) is 4.52. The zero-order chi connectivity index (χ0) is 20.0. The van der Waals surface area contributed by atoms with Crippen molar-refractivity contribution in [3.63, 3.8) is 0 Å². The number of carbonyl (C=O) groups is 1. The average Bonchev–Trinajstić information content (AvgIpc) is 2.43. The Balaban J connectivity index is 3.57. The van der Waals surface area contributed by atoms with Crippen LogP contribution in [0.1, 0.15) is 10.4 Å². The molecule has 0 aliphatic carbocycles. The van der Waals surface area contributed by atoms with E-state index < -0.39 is 52.7 Å². The Morgan fingerprint density at radius 3 is 1.76 bits per heavy atom. The molecule has 13 heteroatoms. The minimum atomic E-state index is -7.32. The number of hydrogen-bond donors (Lipinski definition) is 0. The van der Waals surface area contributed by atoms with E-state index in [2.05, 4.69) is 4.74 Å². The van der Waals surface area contributed by atoms with Gasteiger partial charge in [-0.25, -0.2) is 8.78 Å². The van der Waals surface area contributed by atoms with Gasteiger partial charge < -0.3 is 4.74 Å². The Morgan fingerprint density at radius 2 is 1.36 bits per heavy atom. The summed E-state index contributed by atoms with van der Waals surface area (Å²) in [6.45, 7) is 0. The fraction of sp³-hybridized carbons (Fsp3) is 0.417. The second-order valence-corrected chi connectivity index (χ2v) is 4.52. The highest BCUT2D eigenvalue weighted by atomic mass is 19.4. The first kappa shape index (κ1) is 21.0. The lowest BCUT2D eigenvalue weighted by molar-refractivity contribution is -0.386. The summed E-state index contributed by atoms with van der Waals surface area (Å²) in [5.74, 6) is -29.8. The molecule has 25 heavy (non-hydrogen) atoms. The van der Waals surface area contributed by atoms with Gasteiger partial charge in [-0.05, 0) is 6.07 Å². The summed E-state index contributed by atoms with van der Waals surface area (Å²) in [4.78, 5) is 11.4. The van der Waals surface area contributed by atoms with Crippen LogP contribution in [0.5, 0.6) is 5.75 Å². The van der Waals surface area contributed by atoms with Gasteiger partial charge in [-0.15, -0.1) is 0 Å². The molecule has 1 rings (SSSR count). The standard InChI is InChI=1S/C12H5F11O2/c1-25-7-5(2-4(13)3-6(7)14)8(24)9(15,16)10(17,18)11(19,20)12(21,22)23/h2-3H,1H3. The quantitative estimate of drug-likeness (QED) is 0.542. The van der Waals surface area contributed by atoms with Crippen LogP contribution in [0, 0.1) is 11.6 Å². The smallest absolute Gasteiger partial charge is 0.460 e. The first-order chi connectivity index (χ1) is 11.0. The van der Waals surface area contributed by atoms with Crippen molar-refractivity contribution in [1.82, 2.24) is 0 Å². The van der Waals surface area contributed by atoms with E-state index in [4.69, 9.17) is 0 Å². The Hall–Kier alpha value is -2.08. The lowest BCUT2D eigenvalue weighted by Crippen LogP contribution is -2.63. The van der Waals surface area contributed by atoms with E-state index in [1.165, 1.54) is 0 Å². The first-order valence-electron chi connectivity index (χ1n) is 5.80. The van der Waals surface area contributed by atoms with E-state index in [1.54, 1.807) is 0 Å². The van der Waals surface area contributed by atoms with E-state index in [1.807, 2.05) is 0 Å². The van der Waals surface area contributed by atoms with Gasteiger partial charge in [0.2, 0.25) is 5.78 Å². The van der Waals surface area contributed by atoms with Crippen LogP contribution in [0.2, 0.25) is 0 Å². The van der Waals surface area contributed by atoms with Crippen molar-refractivity contribution in [3.8, 4) is 5.75 Å². The minimum absolute atomic E-state index is 0.0315. The largest absolute Gasteiger partial charge is 0.493 e. The van der Waals surface area contributed by atoms with Crippen LogP contribution in [0.25, 0.3) is 0 Å². The lowest BCUT2D eigenvalue weighted by Gasteiger charge is -2.32. The van der Waals surface area contributed by atoms with Crippen LogP contribution in [-0.2, 0) is 0 Å². The monoisotopic (exact) mass is 390 g/mol. The van der Waals surface area contributed by atoms with Gasteiger partial charge in [0.15, 0.2) is 11.6 Å². The number of carbonyl (C=O) groups excluding carboxylic acids is 1. The zero-order valence-electron chi connectivity index (χ0n) is 11.6. The Labute approximate surface area is 131 Å². The molecule has 0 atom stereocenters. The summed E-state index contributed by atoms with van der Waals surface area (Å²) >= 11 is 0. The van der Waals surface area contributed by atoms with Crippen LogP contribution < -0.4 is 4.74 Å². The van der Waals surface area contributed by atoms with Gasteiger partial charge in [0.1, 0.15) is 5.82 Å². The van der Waals surface area contributed by atoms with Gasteiger partial charge in [0.05, 0.1) is 12.7 Å². The molecular formula is C12H5F11O2. The Bertz CT molecular complexity index is 678. The maximum atomic E-state index is 13.5. The van der Waals surface area contributed by atoms with E-state index in [-0.39, 0.29) is 12.1 Å². The van der Waals surface area contributed by atoms with E-state index >= 15 is 0 Å². The third-order valence-electron chi connectivity index (χ3n) is 2.89. The Morgan fingerprint density at radius 1 is 0.880 bits per heavy atom. The molecule has 1 aromatic carbocycles. The molecule has 142 valence electrons. The maximum Gasteiger partial charge on any atom is 0.460 e. The van der Waals surface area contributed by atoms with Gasteiger partial charge in [0, 0.05) is 6.07 Å². The van der Waals surface area contributed by atoms with E-state index in [0.29, 0.717) is 7.11 Å². The maximum absolute atomic E-state index is 13.5. The first-order valence-corrected chi connectivity index (χ1v) is 5.80. The van der Waals surface area contributed by atoms with Crippen LogP contribution in [0.4, 0.5) is 48.3 Å². The van der Waals surface area contributed by atoms with E-state index in [0.717, 1.165) is 0 Å². The van der Waals surface area contributed by atoms with Crippen molar-refractivity contribution in [2.24, 2.45) is 0 Å². The molecule has 0 amide bonds. The van der Waals surface area contributed by atoms with Crippen LogP contribution in [-0.4, -0.2) is 36.8 Å². The molecule has 0 N–H and O–H groups in total. The van der Waals surface area contributed by atoms with Crippen LogP contribution in [0.3, 0.4) is 0 Å². The topological polar surface area (TPSA) is 26.3 Å². The number of ether oxygens (including phenoxy) is 1. The summed E-state index contributed by atoms with van der Waals surface area (Å²) in [7, 11) is 0.522. The second kappa shape index (κ2) is 6.02. The van der Waals surface area contributed by atoms with Crippen molar-refractivity contribution in [3.05, 3.63) is 29.3 Å². The fourth-order valence-electron chi connectivity index (χ4n) is 1.62. The van der Waals surface area contributed by atoms with Crippen molar-refractivity contribution in [2.45, 2.75) is 23.9 Å². The zero-order valence-corrected chi connectivity index (χ0v) is 11.6. The molecule has 0 fully saturated rings. The van der Waals surface area contributed by atoms with Crippen molar-refractivity contribution >= 4 is 5.78 Å². The summed E-state index contributed by atoms with van der Waals surface area (Å²) in [6, 6.07) is -0.309. The molecule has 0 heterocycles. The van der Waals surface area contributed by atoms with Gasteiger partial charge in [-0.2, -0.15) is 39.5 Å². The molecule has 0 saturated carbocycles. The SMILES string of the molecule is COc1c(F)cc(F)cc1C(=O)C(F)(F)C(F)(F)C(F)(F)C(F)(F)F. The third kappa shape index (κ3) is 3.11. The fourth-order valence-corrected chi connectivity index (χ4v) is 1.62. The van der Waals surface area contributed by atoms with Gasteiger partial charge in [0.25, 0.3) is 0 Å². The average molecular weight is 390 g/mol. The summed E-state index contributed by atoms with van der Waals surface area (Å²) < 4.78 is 145. The molecule has 0 spiro atoms. The van der Waals surface area contributed by atoms with Crippen LogP contribution in [0.15, 0.2) is 12.1 Å². The summed E-state index contributed by atoms with van der Waals surface area (Å²) in [5.41, 5.74) is -1.98. The molecule has 0 unspecified atom stereocenters. The lowest BCUT2D eigenvalue weighted by atomic mass is 9.95. The number of halogens is 11. The number of rotatable bonds is 5. The summed E-state index contributed by atoms with van der Waals surface area (Å²) in [6.07, 6.45) is -7.14. The molecule has 0 aromatic heterocycles. The molecule has 2 nitrogen and oxygen atoms in total. The van der Waals surface area contributed by atoms with E-state index in [9.17, 15) is 53.1 Å². The van der Waals surface area contributed by atoms with Crippen LogP contribution >= 0.6 is 0 Å². The number of hydrogen-bond acceptors (Lipinski definition) is 2.